The average molecular weight is 264 g/mol. The van der Waals surface area contributed by atoms with Crippen molar-refractivity contribution >= 4 is 23.4 Å². The van der Waals surface area contributed by atoms with E-state index in [2.05, 4.69) is 0 Å². The molecule has 1 fully saturated rings. The molecule has 1 aliphatic heterocycles. The molecular weight excluding hydrogens is 251 g/mol. The van der Waals surface area contributed by atoms with Gasteiger partial charge in [-0.05, 0) is 11.8 Å². The zero-order valence-electron chi connectivity index (χ0n) is 8.10. The van der Waals surface area contributed by atoms with Gasteiger partial charge in [0.2, 0.25) is 0 Å². The van der Waals surface area contributed by atoms with Crippen molar-refractivity contribution in [3.63, 3.8) is 0 Å². The van der Waals surface area contributed by atoms with Crippen LogP contribution in [0.2, 0.25) is 0 Å². The second kappa shape index (κ2) is 6.18. The maximum absolute atomic E-state index is 11.9. The summed E-state index contributed by atoms with van der Waals surface area (Å²) in [5.41, 5.74) is -4.14. The van der Waals surface area contributed by atoms with Gasteiger partial charge in [-0.3, -0.25) is 4.90 Å². The van der Waals surface area contributed by atoms with E-state index in [-0.39, 0.29) is 23.6 Å². The van der Waals surface area contributed by atoms with Gasteiger partial charge in [-0.15, -0.1) is 11.6 Å². The van der Waals surface area contributed by atoms with Crippen LogP contribution in [-0.4, -0.2) is 54.4 Å². The lowest BCUT2D eigenvalue weighted by Crippen LogP contribution is -2.47. The SMILES string of the molecule is FC(F)(F)SCCN1CCOCC1CCl. The molecule has 0 saturated carbocycles. The summed E-state index contributed by atoms with van der Waals surface area (Å²) in [5, 5.41) is 0. The molecule has 0 aromatic rings. The summed E-state index contributed by atoms with van der Waals surface area (Å²) in [6.45, 7) is 2.16. The van der Waals surface area contributed by atoms with E-state index >= 15 is 0 Å². The Labute approximate surface area is 96.1 Å². The van der Waals surface area contributed by atoms with Gasteiger partial charge in [0.1, 0.15) is 0 Å². The number of hydrogen-bond donors (Lipinski definition) is 0. The van der Waals surface area contributed by atoms with E-state index in [1.54, 1.807) is 0 Å². The highest BCUT2D eigenvalue weighted by atomic mass is 35.5. The Kier molecular flexibility index (Phi) is 5.52. The van der Waals surface area contributed by atoms with E-state index in [0.29, 0.717) is 32.2 Å². The molecule has 0 bridgehead atoms. The third-order valence-electron chi connectivity index (χ3n) is 2.17. The smallest absolute Gasteiger partial charge is 0.378 e. The summed E-state index contributed by atoms with van der Waals surface area (Å²) in [6.07, 6.45) is 0. The van der Waals surface area contributed by atoms with Crippen molar-refractivity contribution in [1.29, 1.82) is 0 Å². The molecule has 1 saturated heterocycles. The van der Waals surface area contributed by atoms with E-state index in [4.69, 9.17) is 16.3 Å². The van der Waals surface area contributed by atoms with Crippen LogP contribution in [0, 0.1) is 0 Å². The molecule has 0 aromatic heterocycles. The third kappa shape index (κ3) is 5.29. The Morgan fingerprint density at radius 1 is 1.47 bits per heavy atom. The van der Waals surface area contributed by atoms with Crippen LogP contribution >= 0.6 is 23.4 Å². The molecule has 0 N–H and O–H groups in total. The van der Waals surface area contributed by atoms with Crippen molar-refractivity contribution in [2.24, 2.45) is 0 Å². The zero-order valence-corrected chi connectivity index (χ0v) is 9.67. The highest BCUT2D eigenvalue weighted by Gasteiger charge is 2.29. The molecule has 1 heterocycles. The molecule has 0 aliphatic carbocycles. The second-order valence-electron chi connectivity index (χ2n) is 3.21. The maximum atomic E-state index is 11.9. The number of halogens is 4. The first-order valence-corrected chi connectivity index (χ1v) is 6.13. The van der Waals surface area contributed by atoms with E-state index in [9.17, 15) is 13.2 Å². The van der Waals surface area contributed by atoms with Crippen molar-refractivity contribution < 1.29 is 17.9 Å². The number of nitrogens with zero attached hydrogens (tertiary/aromatic N) is 1. The highest BCUT2D eigenvalue weighted by molar-refractivity contribution is 8.00. The van der Waals surface area contributed by atoms with Gasteiger partial charge in [0.15, 0.2) is 0 Å². The minimum absolute atomic E-state index is 0.0142. The Balaban J connectivity index is 2.23. The van der Waals surface area contributed by atoms with Crippen molar-refractivity contribution in [2.45, 2.75) is 11.6 Å². The second-order valence-corrected chi connectivity index (χ2v) is 4.68. The fraction of sp³-hybridized carbons (Fsp3) is 1.00. The summed E-state index contributed by atoms with van der Waals surface area (Å²) in [4.78, 5) is 1.95. The predicted octanol–water partition coefficient (Wildman–Crippen LogP) is 2.18. The lowest BCUT2D eigenvalue weighted by Gasteiger charge is -2.34. The van der Waals surface area contributed by atoms with Gasteiger partial charge < -0.3 is 4.74 Å². The maximum Gasteiger partial charge on any atom is 0.441 e. The fourth-order valence-corrected chi connectivity index (χ4v) is 2.25. The first kappa shape index (κ1) is 13.4. The van der Waals surface area contributed by atoms with Crippen LogP contribution in [0.1, 0.15) is 0 Å². The van der Waals surface area contributed by atoms with Gasteiger partial charge in [-0.25, -0.2) is 0 Å². The minimum Gasteiger partial charge on any atom is -0.378 e. The van der Waals surface area contributed by atoms with Crippen molar-refractivity contribution in [1.82, 2.24) is 4.90 Å². The lowest BCUT2D eigenvalue weighted by atomic mass is 10.2. The largest absolute Gasteiger partial charge is 0.441 e. The molecule has 0 radical (unpaired) electrons. The molecule has 0 aromatic carbocycles. The topological polar surface area (TPSA) is 12.5 Å². The quantitative estimate of drug-likeness (QED) is 0.722. The van der Waals surface area contributed by atoms with Gasteiger partial charge >= 0.3 is 5.51 Å². The van der Waals surface area contributed by atoms with Crippen LogP contribution < -0.4 is 0 Å². The first-order valence-electron chi connectivity index (χ1n) is 4.61. The molecule has 15 heavy (non-hydrogen) atoms. The number of ether oxygens (including phenoxy) is 1. The Bertz CT molecular complexity index is 193. The van der Waals surface area contributed by atoms with Crippen LogP contribution in [0.5, 0.6) is 0 Å². The van der Waals surface area contributed by atoms with E-state index in [1.165, 1.54) is 0 Å². The summed E-state index contributed by atoms with van der Waals surface area (Å²) < 4.78 is 40.8. The molecule has 7 heteroatoms. The summed E-state index contributed by atoms with van der Waals surface area (Å²) in [6, 6.07) is 0.0502. The minimum atomic E-state index is -4.14. The van der Waals surface area contributed by atoms with Gasteiger partial charge in [-0.2, -0.15) is 13.2 Å². The van der Waals surface area contributed by atoms with Crippen LogP contribution in [0.4, 0.5) is 13.2 Å². The summed E-state index contributed by atoms with van der Waals surface area (Å²) in [7, 11) is 0. The van der Waals surface area contributed by atoms with Crippen molar-refractivity contribution in [3.05, 3.63) is 0 Å². The Morgan fingerprint density at radius 3 is 2.80 bits per heavy atom. The summed E-state index contributed by atoms with van der Waals surface area (Å²) in [5.74, 6) is 0.452. The van der Waals surface area contributed by atoms with E-state index in [0.717, 1.165) is 0 Å². The molecule has 1 aliphatic rings. The fourth-order valence-electron chi connectivity index (χ4n) is 1.40. The molecule has 0 spiro atoms. The monoisotopic (exact) mass is 263 g/mol. The van der Waals surface area contributed by atoms with Gasteiger partial charge in [0.05, 0.1) is 13.2 Å². The number of alkyl halides is 4. The molecule has 0 amide bonds. The van der Waals surface area contributed by atoms with Gasteiger partial charge in [0.25, 0.3) is 0 Å². The average Bonchev–Trinajstić information content (AvgIpc) is 2.16. The summed E-state index contributed by atoms with van der Waals surface area (Å²) >= 11 is 5.71. The number of rotatable bonds is 4. The number of thioether (sulfide) groups is 1. The normalized spacial score (nSPS) is 24.4. The number of hydrogen-bond acceptors (Lipinski definition) is 3. The van der Waals surface area contributed by atoms with Gasteiger partial charge in [-0.1, -0.05) is 0 Å². The molecule has 90 valence electrons. The molecule has 1 atom stereocenters. The highest BCUT2D eigenvalue weighted by Crippen LogP contribution is 2.30. The molecule has 2 nitrogen and oxygen atoms in total. The third-order valence-corrected chi connectivity index (χ3v) is 3.24. The van der Waals surface area contributed by atoms with Gasteiger partial charge in [0, 0.05) is 30.8 Å². The van der Waals surface area contributed by atoms with Crippen LogP contribution in [-0.2, 0) is 4.74 Å². The molecular formula is C8H13ClF3NOS. The van der Waals surface area contributed by atoms with Crippen LogP contribution in [0.15, 0.2) is 0 Å². The van der Waals surface area contributed by atoms with E-state index in [1.807, 2.05) is 4.90 Å². The molecule has 1 rings (SSSR count). The van der Waals surface area contributed by atoms with Crippen molar-refractivity contribution in [3.8, 4) is 0 Å². The number of morpholine rings is 1. The van der Waals surface area contributed by atoms with Crippen LogP contribution in [0.3, 0.4) is 0 Å². The van der Waals surface area contributed by atoms with Crippen LogP contribution in [0.25, 0.3) is 0 Å². The van der Waals surface area contributed by atoms with Crippen molar-refractivity contribution in [2.75, 3.05) is 37.9 Å². The van der Waals surface area contributed by atoms with E-state index < -0.39 is 5.51 Å². The first-order chi connectivity index (χ1) is 7.03. The Hall–Kier alpha value is 0.350. The Morgan fingerprint density at radius 2 is 2.20 bits per heavy atom. The molecule has 1 unspecified atom stereocenters. The standard InChI is InChI=1S/C8H13ClF3NOS/c9-5-7-6-14-3-1-13(7)2-4-15-8(10,11)12/h7H,1-6H2. The lowest BCUT2D eigenvalue weighted by molar-refractivity contribution is -0.0333. The predicted molar refractivity (Wildman–Crippen MR) is 55.4 cm³/mol. The zero-order chi connectivity index (χ0) is 11.3.